The van der Waals surface area contributed by atoms with Gasteiger partial charge in [-0.15, -0.1) is 11.8 Å². The summed E-state index contributed by atoms with van der Waals surface area (Å²) >= 11 is 1.83. The molecule has 0 aliphatic carbocycles. The summed E-state index contributed by atoms with van der Waals surface area (Å²) in [4.78, 5) is 6.96. The van der Waals surface area contributed by atoms with Gasteiger partial charge in [0.25, 0.3) is 0 Å². The first-order valence-corrected chi connectivity index (χ1v) is 7.38. The lowest BCUT2D eigenvalue weighted by Gasteiger charge is -2.09. The number of methoxy groups -OCH3 is 1. The van der Waals surface area contributed by atoms with Crippen LogP contribution < -0.4 is 4.74 Å². The van der Waals surface area contributed by atoms with Crippen molar-refractivity contribution < 1.29 is 9.57 Å². The van der Waals surface area contributed by atoms with Crippen molar-refractivity contribution in [1.29, 1.82) is 0 Å². The monoisotopic (exact) mass is 283 g/mol. The van der Waals surface area contributed by atoms with E-state index in [1.54, 1.807) is 7.11 Å². The summed E-state index contributed by atoms with van der Waals surface area (Å²) in [7, 11) is 1.67. The van der Waals surface area contributed by atoms with Crippen LogP contribution in [-0.4, -0.2) is 18.1 Å². The Morgan fingerprint density at radius 1 is 1.10 bits per heavy atom. The molecule has 0 amide bonds. The number of oxime groups is 1. The van der Waals surface area contributed by atoms with E-state index in [4.69, 9.17) is 9.57 Å². The fraction of sp³-hybridized carbons (Fsp3) is 0.188. The van der Waals surface area contributed by atoms with Crippen LogP contribution >= 0.6 is 11.8 Å². The summed E-state index contributed by atoms with van der Waals surface area (Å²) < 4.78 is 5.19. The minimum absolute atomic E-state index is 0.0494. The van der Waals surface area contributed by atoms with Crippen LogP contribution in [0, 0.1) is 0 Å². The van der Waals surface area contributed by atoms with E-state index in [1.807, 2.05) is 36.0 Å². The number of ether oxygens (including phenoxy) is 1. The molecular weight excluding hydrogens is 270 g/mol. The van der Waals surface area contributed by atoms with Gasteiger partial charge in [-0.05, 0) is 30.3 Å². The lowest BCUT2D eigenvalue weighted by Crippen LogP contribution is -2.16. The Kier molecular flexibility index (Phi) is 2.70. The maximum atomic E-state index is 5.66. The Labute approximate surface area is 121 Å². The van der Waals surface area contributed by atoms with Crippen LogP contribution in [-0.2, 0) is 4.84 Å². The third-order valence-corrected chi connectivity index (χ3v) is 5.02. The van der Waals surface area contributed by atoms with E-state index in [2.05, 4.69) is 29.4 Å². The van der Waals surface area contributed by atoms with Crippen LogP contribution in [0.5, 0.6) is 5.75 Å². The first-order valence-electron chi connectivity index (χ1n) is 6.50. The molecule has 2 aromatic rings. The van der Waals surface area contributed by atoms with Gasteiger partial charge in [-0.3, -0.25) is 0 Å². The highest BCUT2D eigenvalue weighted by molar-refractivity contribution is 8.01. The zero-order valence-electron chi connectivity index (χ0n) is 10.9. The number of hydrogen-bond donors (Lipinski definition) is 0. The van der Waals surface area contributed by atoms with Gasteiger partial charge in [-0.1, -0.05) is 23.4 Å². The van der Waals surface area contributed by atoms with Crippen LogP contribution in [0.2, 0.25) is 0 Å². The molecule has 2 aliphatic heterocycles. The maximum Gasteiger partial charge on any atom is 0.171 e. The van der Waals surface area contributed by atoms with Gasteiger partial charge in [0, 0.05) is 16.0 Å². The van der Waals surface area contributed by atoms with E-state index < -0.39 is 0 Å². The number of nitrogens with zero attached hydrogens (tertiary/aromatic N) is 1. The van der Waals surface area contributed by atoms with Crippen LogP contribution in [0.4, 0.5) is 0 Å². The molecule has 0 spiro atoms. The standard InChI is InChI=1S/C16H13NO2S/c1-18-11-8-6-10(7-9-11)14-16-15(19-17-14)12-4-2-3-5-13(12)20-16/h2-9,15-16H,1H3/t15-,16-/m0/s1. The predicted octanol–water partition coefficient (Wildman–Crippen LogP) is 3.65. The Morgan fingerprint density at radius 2 is 1.90 bits per heavy atom. The molecular formula is C16H13NO2S. The van der Waals surface area contributed by atoms with Crippen LogP contribution in [0.25, 0.3) is 0 Å². The minimum Gasteiger partial charge on any atom is -0.497 e. The van der Waals surface area contributed by atoms with Gasteiger partial charge >= 0.3 is 0 Å². The second kappa shape index (κ2) is 4.56. The third-order valence-electron chi connectivity index (χ3n) is 3.67. The van der Waals surface area contributed by atoms with E-state index in [-0.39, 0.29) is 11.4 Å². The molecule has 2 heterocycles. The average molecular weight is 283 g/mol. The van der Waals surface area contributed by atoms with Gasteiger partial charge in [0.05, 0.1) is 12.4 Å². The van der Waals surface area contributed by atoms with Crippen molar-refractivity contribution in [3.8, 4) is 5.75 Å². The molecule has 100 valence electrons. The molecule has 0 saturated carbocycles. The van der Waals surface area contributed by atoms with Gasteiger partial charge in [-0.2, -0.15) is 0 Å². The van der Waals surface area contributed by atoms with Gasteiger partial charge < -0.3 is 9.57 Å². The molecule has 20 heavy (non-hydrogen) atoms. The molecule has 0 saturated heterocycles. The van der Waals surface area contributed by atoms with Crippen molar-refractivity contribution >= 4 is 17.5 Å². The van der Waals surface area contributed by atoms with Crippen molar-refractivity contribution in [3.05, 3.63) is 59.7 Å². The van der Waals surface area contributed by atoms with E-state index in [9.17, 15) is 0 Å². The number of rotatable bonds is 2. The molecule has 0 fully saturated rings. The van der Waals surface area contributed by atoms with Crippen molar-refractivity contribution in [2.75, 3.05) is 7.11 Å². The Morgan fingerprint density at radius 3 is 2.70 bits per heavy atom. The van der Waals surface area contributed by atoms with Crippen molar-refractivity contribution in [2.45, 2.75) is 16.2 Å². The molecule has 2 aliphatic rings. The Bertz CT molecular complexity index is 681. The summed E-state index contributed by atoms with van der Waals surface area (Å²) in [5, 5.41) is 4.55. The molecule has 4 heteroatoms. The molecule has 2 atom stereocenters. The predicted molar refractivity (Wildman–Crippen MR) is 79.4 cm³/mol. The normalized spacial score (nSPS) is 22.8. The lowest BCUT2D eigenvalue weighted by atomic mass is 10.0. The number of hydrogen-bond acceptors (Lipinski definition) is 4. The maximum absolute atomic E-state index is 5.66. The summed E-state index contributed by atoms with van der Waals surface area (Å²) in [5.41, 5.74) is 3.35. The molecule has 0 N–H and O–H groups in total. The fourth-order valence-corrected chi connectivity index (χ4v) is 4.00. The first-order chi connectivity index (χ1) is 9.86. The highest BCUT2D eigenvalue weighted by atomic mass is 32.2. The quantitative estimate of drug-likeness (QED) is 0.843. The van der Waals surface area contributed by atoms with Gasteiger partial charge in [0.1, 0.15) is 11.5 Å². The fourth-order valence-electron chi connectivity index (χ4n) is 2.64. The minimum atomic E-state index is 0.0494. The van der Waals surface area contributed by atoms with Crippen LogP contribution in [0.3, 0.4) is 0 Å². The van der Waals surface area contributed by atoms with E-state index in [1.165, 1.54) is 10.5 Å². The number of benzene rings is 2. The molecule has 2 aromatic carbocycles. The first kappa shape index (κ1) is 11.9. The molecule has 0 radical (unpaired) electrons. The summed E-state index contributed by atoms with van der Waals surface area (Å²) in [6, 6.07) is 16.4. The lowest BCUT2D eigenvalue weighted by molar-refractivity contribution is 0.0891. The molecule has 3 nitrogen and oxygen atoms in total. The SMILES string of the molecule is COc1ccc(C2=NO[C@H]3c4ccccc4S[C@@H]23)cc1. The summed E-state index contributed by atoms with van der Waals surface area (Å²) in [6.07, 6.45) is 0.0494. The van der Waals surface area contributed by atoms with Gasteiger partial charge in [-0.25, -0.2) is 0 Å². The molecule has 0 bridgehead atoms. The van der Waals surface area contributed by atoms with Crippen LogP contribution in [0.1, 0.15) is 17.2 Å². The van der Waals surface area contributed by atoms with Crippen molar-refractivity contribution in [3.63, 3.8) is 0 Å². The van der Waals surface area contributed by atoms with E-state index in [0.717, 1.165) is 17.0 Å². The van der Waals surface area contributed by atoms with Gasteiger partial charge in [0.2, 0.25) is 0 Å². The Balaban J connectivity index is 1.66. The average Bonchev–Trinajstić information content (AvgIpc) is 3.06. The van der Waals surface area contributed by atoms with Crippen LogP contribution in [0.15, 0.2) is 58.6 Å². The summed E-state index contributed by atoms with van der Waals surface area (Å²) in [5.74, 6) is 0.854. The molecule has 0 aromatic heterocycles. The zero-order chi connectivity index (χ0) is 13.5. The number of fused-ring (bicyclic) bond motifs is 3. The topological polar surface area (TPSA) is 30.8 Å². The highest BCUT2D eigenvalue weighted by Crippen LogP contribution is 2.50. The Hall–Kier alpha value is -1.94. The summed E-state index contributed by atoms with van der Waals surface area (Å²) in [6.45, 7) is 0. The van der Waals surface area contributed by atoms with Crippen molar-refractivity contribution in [1.82, 2.24) is 0 Å². The second-order valence-electron chi connectivity index (χ2n) is 4.81. The van der Waals surface area contributed by atoms with E-state index >= 15 is 0 Å². The number of thioether (sulfide) groups is 1. The zero-order valence-corrected chi connectivity index (χ0v) is 11.8. The van der Waals surface area contributed by atoms with E-state index in [0.29, 0.717) is 0 Å². The van der Waals surface area contributed by atoms with Gasteiger partial charge in [0.15, 0.2) is 6.10 Å². The third kappa shape index (κ3) is 1.72. The molecule has 0 unspecified atom stereocenters. The smallest absolute Gasteiger partial charge is 0.171 e. The largest absolute Gasteiger partial charge is 0.497 e. The highest BCUT2D eigenvalue weighted by Gasteiger charge is 2.43. The van der Waals surface area contributed by atoms with Crippen molar-refractivity contribution in [2.24, 2.45) is 5.16 Å². The molecule has 4 rings (SSSR count). The second-order valence-corrected chi connectivity index (χ2v) is 5.99.